The molecule has 1 heterocycles. The molecule has 0 saturated heterocycles. The van der Waals surface area contributed by atoms with Crippen molar-refractivity contribution in [3.8, 4) is 0 Å². The van der Waals surface area contributed by atoms with Crippen LogP contribution in [-0.4, -0.2) is 16.1 Å². The Labute approximate surface area is 89.1 Å². The predicted molar refractivity (Wildman–Crippen MR) is 52.5 cm³/mol. The van der Waals surface area contributed by atoms with Gasteiger partial charge < -0.3 is 5.73 Å². The number of benzene rings is 1. The van der Waals surface area contributed by atoms with Gasteiger partial charge in [-0.15, -0.1) is 0 Å². The normalized spacial score (nSPS) is 14.0. The summed E-state index contributed by atoms with van der Waals surface area (Å²) >= 11 is 0. The predicted octanol–water partition coefficient (Wildman–Crippen LogP) is 2.19. The van der Waals surface area contributed by atoms with Crippen LogP contribution in [0.2, 0.25) is 0 Å². The highest BCUT2D eigenvalue weighted by Crippen LogP contribution is 2.29. The van der Waals surface area contributed by atoms with Gasteiger partial charge in [0, 0.05) is 0 Å². The van der Waals surface area contributed by atoms with Gasteiger partial charge in [0.15, 0.2) is 0 Å². The lowest BCUT2D eigenvalue weighted by Crippen LogP contribution is -2.29. The summed E-state index contributed by atoms with van der Waals surface area (Å²) in [5.74, 6) is 0. The minimum Gasteiger partial charge on any atom is -0.315 e. The molecule has 2 N–H and O–H groups in total. The lowest BCUT2D eigenvalue weighted by atomic mass is 10.2. The average molecular weight is 227 g/mol. The highest BCUT2D eigenvalue weighted by atomic mass is 19.4. The first kappa shape index (κ1) is 10.8. The number of hydrogen-bond donors (Lipinski definition) is 1. The summed E-state index contributed by atoms with van der Waals surface area (Å²) < 4.78 is 37.0. The van der Waals surface area contributed by atoms with E-state index in [4.69, 9.17) is 5.73 Å². The van der Waals surface area contributed by atoms with E-state index in [-0.39, 0.29) is 5.69 Å². The van der Waals surface area contributed by atoms with Gasteiger partial charge in [-0.05, 0) is 12.1 Å². The minimum atomic E-state index is -4.50. The Morgan fingerprint density at radius 2 is 1.75 bits per heavy atom. The maximum atomic E-state index is 12.3. The van der Waals surface area contributed by atoms with Crippen LogP contribution in [0.5, 0.6) is 0 Å². The van der Waals surface area contributed by atoms with Crippen LogP contribution in [0.25, 0.3) is 11.0 Å². The number of hydrogen-bond acceptors (Lipinski definition) is 3. The highest BCUT2D eigenvalue weighted by molar-refractivity contribution is 5.73. The molecular formula is C10H8F3N3. The van der Waals surface area contributed by atoms with Crippen molar-refractivity contribution in [1.29, 1.82) is 0 Å². The third-order valence-corrected chi connectivity index (χ3v) is 2.14. The molecule has 2 rings (SSSR count). The first-order valence-corrected chi connectivity index (χ1v) is 4.52. The minimum absolute atomic E-state index is 0.272. The molecule has 84 valence electrons. The molecule has 0 aliphatic rings. The topological polar surface area (TPSA) is 51.8 Å². The fraction of sp³-hybridized carbons (Fsp3) is 0.200. The van der Waals surface area contributed by atoms with Gasteiger partial charge in [-0.1, -0.05) is 12.1 Å². The second-order valence-electron chi connectivity index (χ2n) is 3.30. The van der Waals surface area contributed by atoms with Crippen LogP contribution in [0.3, 0.4) is 0 Å². The van der Waals surface area contributed by atoms with E-state index in [1.165, 1.54) is 0 Å². The maximum Gasteiger partial charge on any atom is 0.409 e. The Hall–Kier alpha value is -1.69. The van der Waals surface area contributed by atoms with Crippen molar-refractivity contribution in [2.24, 2.45) is 5.73 Å². The van der Waals surface area contributed by atoms with Gasteiger partial charge in [-0.3, -0.25) is 4.98 Å². The average Bonchev–Trinajstić information content (AvgIpc) is 2.26. The first-order valence-electron chi connectivity index (χ1n) is 4.52. The Bertz CT molecular complexity index is 510. The molecule has 0 fully saturated rings. The molecule has 0 radical (unpaired) electrons. The van der Waals surface area contributed by atoms with E-state index >= 15 is 0 Å². The van der Waals surface area contributed by atoms with Crippen LogP contribution in [0.4, 0.5) is 13.2 Å². The van der Waals surface area contributed by atoms with Crippen molar-refractivity contribution < 1.29 is 13.2 Å². The van der Waals surface area contributed by atoms with Crippen LogP contribution in [0, 0.1) is 0 Å². The SMILES string of the molecule is NC(c1cnc2ccccc2n1)C(F)(F)F. The van der Waals surface area contributed by atoms with Gasteiger partial charge in [0.25, 0.3) is 0 Å². The molecule has 0 bridgehead atoms. The summed E-state index contributed by atoms with van der Waals surface area (Å²) in [7, 11) is 0. The zero-order chi connectivity index (χ0) is 11.8. The molecule has 0 saturated carbocycles. The van der Waals surface area contributed by atoms with E-state index < -0.39 is 12.2 Å². The molecular weight excluding hydrogens is 219 g/mol. The number of nitrogens with two attached hydrogens (primary N) is 1. The summed E-state index contributed by atoms with van der Waals surface area (Å²) in [5, 5.41) is 0. The van der Waals surface area contributed by atoms with Crippen molar-refractivity contribution >= 4 is 11.0 Å². The summed E-state index contributed by atoms with van der Waals surface area (Å²) in [6.45, 7) is 0. The van der Waals surface area contributed by atoms with E-state index in [9.17, 15) is 13.2 Å². The number of nitrogens with zero attached hydrogens (tertiary/aromatic N) is 2. The smallest absolute Gasteiger partial charge is 0.315 e. The van der Waals surface area contributed by atoms with Crippen molar-refractivity contribution in [2.75, 3.05) is 0 Å². The van der Waals surface area contributed by atoms with Crippen LogP contribution in [0.15, 0.2) is 30.5 Å². The molecule has 0 aliphatic carbocycles. The fourth-order valence-corrected chi connectivity index (χ4v) is 1.29. The molecule has 2 aromatic rings. The zero-order valence-electron chi connectivity index (χ0n) is 8.07. The first-order chi connectivity index (χ1) is 7.48. The van der Waals surface area contributed by atoms with Crippen molar-refractivity contribution in [3.05, 3.63) is 36.2 Å². The number of para-hydroxylation sites is 2. The van der Waals surface area contributed by atoms with E-state index in [0.29, 0.717) is 11.0 Å². The van der Waals surface area contributed by atoms with Gasteiger partial charge in [0.05, 0.1) is 22.9 Å². The van der Waals surface area contributed by atoms with Gasteiger partial charge in [0.1, 0.15) is 6.04 Å². The van der Waals surface area contributed by atoms with E-state index in [1.54, 1.807) is 24.3 Å². The van der Waals surface area contributed by atoms with Crippen LogP contribution >= 0.6 is 0 Å². The maximum absolute atomic E-state index is 12.3. The largest absolute Gasteiger partial charge is 0.409 e. The summed E-state index contributed by atoms with van der Waals surface area (Å²) in [4.78, 5) is 7.71. The van der Waals surface area contributed by atoms with Gasteiger partial charge >= 0.3 is 6.18 Å². The Kier molecular flexibility index (Phi) is 2.51. The Balaban J connectivity index is 2.47. The third kappa shape index (κ3) is 1.96. The quantitative estimate of drug-likeness (QED) is 0.812. The van der Waals surface area contributed by atoms with Crippen molar-refractivity contribution in [3.63, 3.8) is 0 Å². The molecule has 0 aliphatic heterocycles. The molecule has 1 unspecified atom stereocenters. The number of alkyl halides is 3. The molecule has 1 aromatic heterocycles. The summed E-state index contributed by atoms with van der Waals surface area (Å²) in [6.07, 6.45) is -3.45. The molecule has 6 heteroatoms. The van der Waals surface area contributed by atoms with Gasteiger partial charge in [0.2, 0.25) is 0 Å². The second-order valence-corrected chi connectivity index (χ2v) is 3.30. The van der Waals surface area contributed by atoms with Gasteiger partial charge in [-0.25, -0.2) is 4.98 Å². The Morgan fingerprint density at radius 3 is 2.38 bits per heavy atom. The summed E-state index contributed by atoms with van der Waals surface area (Å²) in [6, 6.07) is 4.59. The number of rotatable bonds is 1. The summed E-state index contributed by atoms with van der Waals surface area (Å²) in [5.41, 5.74) is 5.71. The molecule has 0 amide bonds. The molecule has 1 aromatic carbocycles. The Morgan fingerprint density at radius 1 is 1.12 bits per heavy atom. The number of halogens is 3. The van der Waals surface area contributed by atoms with Crippen molar-refractivity contribution in [1.82, 2.24) is 9.97 Å². The second kappa shape index (κ2) is 3.71. The van der Waals surface area contributed by atoms with E-state index in [2.05, 4.69) is 9.97 Å². The third-order valence-electron chi connectivity index (χ3n) is 2.14. The molecule has 3 nitrogen and oxygen atoms in total. The fourth-order valence-electron chi connectivity index (χ4n) is 1.29. The van der Waals surface area contributed by atoms with Gasteiger partial charge in [-0.2, -0.15) is 13.2 Å². The van der Waals surface area contributed by atoms with E-state index in [1.807, 2.05) is 0 Å². The van der Waals surface area contributed by atoms with E-state index in [0.717, 1.165) is 6.20 Å². The molecule has 16 heavy (non-hydrogen) atoms. The lowest BCUT2D eigenvalue weighted by Gasteiger charge is -2.14. The molecule has 1 atom stereocenters. The van der Waals surface area contributed by atoms with Crippen molar-refractivity contribution in [2.45, 2.75) is 12.2 Å². The number of fused-ring (bicyclic) bond motifs is 1. The monoisotopic (exact) mass is 227 g/mol. The van der Waals surface area contributed by atoms with Crippen LogP contribution < -0.4 is 5.73 Å². The highest BCUT2D eigenvalue weighted by Gasteiger charge is 2.39. The lowest BCUT2D eigenvalue weighted by molar-refractivity contribution is -0.150. The standard InChI is InChI=1S/C10H8F3N3/c11-10(12,13)9(14)8-5-15-6-3-1-2-4-7(6)16-8/h1-5,9H,14H2. The number of aromatic nitrogens is 2. The zero-order valence-corrected chi connectivity index (χ0v) is 8.07. The van der Waals surface area contributed by atoms with Crippen LogP contribution in [-0.2, 0) is 0 Å². The van der Waals surface area contributed by atoms with Crippen LogP contribution in [0.1, 0.15) is 11.7 Å². The molecule has 0 spiro atoms.